The molecule has 0 fully saturated rings. The van der Waals surface area contributed by atoms with Gasteiger partial charge in [-0.15, -0.1) is 6.58 Å². The van der Waals surface area contributed by atoms with E-state index in [-0.39, 0.29) is 12.5 Å². The number of nitriles is 1. The first-order chi connectivity index (χ1) is 8.79. The predicted molar refractivity (Wildman–Crippen MR) is 72.1 cm³/mol. The highest BCUT2D eigenvalue weighted by Gasteiger charge is 2.14. The molecule has 0 heterocycles. The zero-order valence-corrected chi connectivity index (χ0v) is 10.3. The molecule has 0 aromatic heterocycles. The number of nitrogens with one attached hydrogen (secondary N) is 1. The van der Waals surface area contributed by atoms with Gasteiger partial charge in [0.15, 0.2) is 0 Å². The number of hydrogen-bond donors (Lipinski definition) is 1. The van der Waals surface area contributed by atoms with E-state index in [9.17, 15) is 4.79 Å². The highest BCUT2D eigenvalue weighted by molar-refractivity contribution is 5.94. The molecule has 0 aliphatic carbocycles. The summed E-state index contributed by atoms with van der Waals surface area (Å²) < 4.78 is 0. The largest absolute Gasteiger partial charge is 0.310 e. The number of para-hydroxylation sites is 1. The second-order valence-corrected chi connectivity index (χ2v) is 3.71. The van der Waals surface area contributed by atoms with Crippen LogP contribution in [0.5, 0.6) is 0 Å². The van der Waals surface area contributed by atoms with E-state index in [0.29, 0.717) is 19.5 Å². The van der Waals surface area contributed by atoms with Crippen LogP contribution in [0, 0.1) is 11.3 Å². The molecule has 0 unspecified atom stereocenters. The third-order valence-corrected chi connectivity index (χ3v) is 2.38. The lowest BCUT2D eigenvalue weighted by molar-refractivity contribution is -0.117. The number of amides is 1. The lowest BCUT2D eigenvalue weighted by Gasteiger charge is -2.21. The molecular weight excluding hydrogens is 226 g/mol. The van der Waals surface area contributed by atoms with E-state index >= 15 is 0 Å². The van der Waals surface area contributed by atoms with Crippen LogP contribution < -0.4 is 10.2 Å². The van der Waals surface area contributed by atoms with E-state index in [4.69, 9.17) is 5.26 Å². The molecule has 0 bridgehead atoms. The number of rotatable bonds is 7. The number of hydrogen-bond acceptors (Lipinski definition) is 3. The molecule has 0 aliphatic rings. The lowest BCUT2D eigenvalue weighted by atomic mass is 10.2. The maximum Gasteiger partial charge on any atom is 0.240 e. The summed E-state index contributed by atoms with van der Waals surface area (Å²) in [6, 6.07) is 11.4. The standard InChI is InChI=1S/C14H17N3O/c1-2-10-16-12-14(18)17(11-6-9-15)13-7-4-3-5-8-13/h2-5,7-8,16H,1,6,10-12H2. The van der Waals surface area contributed by atoms with Crippen molar-refractivity contribution in [3.05, 3.63) is 43.0 Å². The van der Waals surface area contributed by atoms with Crippen LogP contribution in [0.15, 0.2) is 43.0 Å². The molecule has 0 atom stereocenters. The van der Waals surface area contributed by atoms with Gasteiger partial charge >= 0.3 is 0 Å². The van der Waals surface area contributed by atoms with Crippen LogP contribution in [-0.2, 0) is 4.79 Å². The number of carbonyl (C=O) groups is 1. The zero-order chi connectivity index (χ0) is 13.2. The SMILES string of the molecule is C=CCNCC(=O)N(CCC#N)c1ccccc1. The van der Waals surface area contributed by atoms with Gasteiger partial charge in [-0.3, -0.25) is 4.79 Å². The third kappa shape index (κ3) is 4.40. The fourth-order valence-corrected chi connectivity index (χ4v) is 1.54. The Morgan fingerprint density at radius 1 is 1.44 bits per heavy atom. The molecule has 0 spiro atoms. The van der Waals surface area contributed by atoms with Crippen LogP contribution in [0.3, 0.4) is 0 Å². The summed E-state index contributed by atoms with van der Waals surface area (Å²) in [5.41, 5.74) is 0.818. The number of nitrogens with zero attached hydrogens (tertiary/aromatic N) is 2. The Morgan fingerprint density at radius 2 is 2.17 bits per heavy atom. The Hall–Kier alpha value is -2.12. The molecular formula is C14H17N3O. The summed E-state index contributed by atoms with van der Waals surface area (Å²) in [5.74, 6) is -0.0432. The molecule has 1 amide bonds. The van der Waals surface area contributed by atoms with Crippen LogP contribution in [0.2, 0.25) is 0 Å². The van der Waals surface area contributed by atoms with Gasteiger partial charge in [-0.2, -0.15) is 5.26 Å². The van der Waals surface area contributed by atoms with Gasteiger partial charge in [-0.05, 0) is 12.1 Å². The average molecular weight is 243 g/mol. The summed E-state index contributed by atoms with van der Waals surface area (Å²) in [5, 5.41) is 11.6. The van der Waals surface area contributed by atoms with Gasteiger partial charge < -0.3 is 10.2 Å². The Kier molecular flexibility index (Phi) is 6.23. The summed E-state index contributed by atoms with van der Waals surface area (Å²) >= 11 is 0. The number of carbonyl (C=O) groups excluding carboxylic acids is 1. The molecule has 1 N–H and O–H groups in total. The molecule has 1 rings (SSSR count). The van der Waals surface area contributed by atoms with Crippen LogP contribution in [0.4, 0.5) is 5.69 Å². The Morgan fingerprint density at radius 3 is 2.78 bits per heavy atom. The molecule has 1 aromatic rings. The minimum atomic E-state index is -0.0432. The Balaban J connectivity index is 2.69. The maximum absolute atomic E-state index is 12.0. The molecule has 0 saturated heterocycles. The van der Waals surface area contributed by atoms with Gasteiger partial charge in [0.1, 0.15) is 0 Å². The monoisotopic (exact) mass is 243 g/mol. The smallest absolute Gasteiger partial charge is 0.240 e. The van der Waals surface area contributed by atoms with E-state index < -0.39 is 0 Å². The van der Waals surface area contributed by atoms with Gasteiger partial charge in [0.25, 0.3) is 0 Å². The van der Waals surface area contributed by atoms with Gasteiger partial charge in [0.05, 0.1) is 19.0 Å². The molecule has 4 heteroatoms. The molecule has 4 nitrogen and oxygen atoms in total. The fraction of sp³-hybridized carbons (Fsp3) is 0.286. The Bertz CT molecular complexity index is 422. The van der Waals surface area contributed by atoms with E-state index in [1.165, 1.54) is 0 Å². The average Bonchev–Trinajstić information content (AvgIpc) is 2.41. The van der Waals surface area contributed by atoms with Gasteiger partial charge in [-0.25, -0.2) is 0 Å². The fourth-order valence-electron chi connectivity index (χ4n) is 1.54. The summed E-state index contributed by atoms with van der Waals surface area (Å²) in [4.78, 5) is 13.7. The zero-order valence-electron chi connectivity index (χ0n) is 10.3. The quantitative estimate of drug-likeness (QED) is 0.586. The van der Waals surface area contributed by atoms with E-state index in [0.717, 1.165) is 5.69 Å². The lowest BCUT2D eigenvalue weighted by Crippen LogP contribution is -2.38. The molecule has 1 aromatic carbocycles. The van der Waals surface area contributed by atoms with E-state index in [1.807, 2.05) is 30.3 Å². The first-order valence-corrected chi connectivity index (χ1v) is 5.83. The van der Waals surface area contributed by atoms with Crippen molar-refractivity contribution in [3.63, 3.8) is 0 Å². The summed E-state index contributed by atoms with van der Waals surface area (Å²) in [6.45, 7) is 4.82. The molecule has 94 valence electrons. The first-order valence-electron chi connectivity index (χ1n) is 5.83. The minimum absolute atomic E-state index is 0.0432. The van der Waals surface area contributed by atoms with E-state index in [2.05, 4.69) is 18.0 Å². The maximum atomic E-state index is 12.0. The highest BCUT2D eigenvalue weighted by atomic mass is 16.2. The van der Waals surface area contributed by atoms with Crippen LogP contribution in [-0.4, -0.2) is 25.5 Å². The normalized spacial score (nSPS) is 9.50. The molecule has 0 aliphatic heterocycles. The van der Waals surface area contributed by atoms with Crippen molar-refractivity contribution in [2.75, 3.05) is 24.5 Å². The van der Waals surface area contributed by atoms with Crippen molar-refractivity contribution in [3.8, 4) is 6.07 Å². The third-order valence-electron chi connectivity index (χ3n) is 2.38. The topological polar surface area (TPSA) is 56.1 Å². The van der Waals surface area contributed by atoms with Crippen molar-refractivity contribution in [1.29, 1.82) is 5.26 Å². The Labute approximate surface area is 108 Å². The summed E-state index contributed by atoms with van der Waals surface area (Å²) in [7, 11) is 0. The van der Waals surface area contributed by atoms with Crippen LogP contribution in [0.1, 0.15) is 6.42 Å². The predicted octanol–water partition coefficient (Wildman–Crippen LogP) is 1.71. The van der Waals surface area contributed by atoms with Gasteiger partial charge in [-0.1, -0.05) is 24.3 Å². The molecule has 18 heavy (non-hydrogen) atoms. The van der Waals surface area contributed by atoms with Crippen molar-refractivity contribution in [2.45, 2.75) is 6.42 Å². The minimum Gasteiger partial charge on any atom is -0.310 e. The molecule has 0 saturated carbocycles. The number of benzene rings is 1. The van der Waals surface area contributed by atoms with Gasteiger partial charge in [0.2, 0.25) is 5.91 Å². The van der Waals surface area contributed by atoms with Crippen molar-refractivity contribution < 1.29 is 4.79 Å². The number of anilines is 1. The van der Waals surface area contributed by atoms with Crippen LogP contribution >= 0.6 is 0 Å². The summed E-state index contributed by atoms with van der Waals surface area (Å²) in [6.07, 6.45) is 2.03. The molecule has 0 radical (unpaired) electrons. The highest BCUT2D eigenvalue weighted by Crippen LogP contribution is 2.13. The van der Waals surface area contributed by atoms with Crippen LogP contribution in [0.25, 0.3) is 0 Å². The second kappa shape index (κ2) is 8.04. The van der Waals surface area contributed by atoms with E-state index in [1.54, 1.807) is 11.0 Å². The van der Waals surface area contributed by atoms with Crippen molar-refractivity contribution >= 4 is 11.6 Å². The van der Waals surface area contributed by atoms with Crippen molar-refractivity contribution in [1.82, 2.24) is 5.32 Å². The first kappa shape index (κ1) is 13.9. The van der Waals surface area contributed by atoms with Crippen molar-refractivity contribution in [2.24, 2.45) is 0 Å². The second-order valence-electron chi connectivity index (χ2n) is 3.71. The van der Waals surface area contributed by atoms with Gasteiger partial charge in [0, 0.05) is 18.8 Å².